The average molecular weight is 396 g/mol. The van der Waals surface area contributed by atoms with E-state index in [9.17, 15) is 4.79 Å². The number of benzene rings is 2. The van der Waals surface area contributed by atoms with Gasteiger partial charge in [0.15, 0.2) is 0 Å². The van der Waals surface area contributed by atoms with E-state index in [2.05, 4.69) is 34.1 Å². The monoisotopic (exact) mass is 395 g/mol. The molecule has 28 heavy (non-hydrogen) atoms. The molecule has 146 valence electrons. The number of fused-ring (bicyclic) bond motifs is 1. The maximum atomic E-state index is 12.7. The van der Waals surface area contributed by atoms with Crippen LogP contribution in [0, 0.1) is 0 Å². The topological polar surface area (TPSA) is 45.7 Å². The van der Waals surface area contributed by atoms with Gasteiger partial charge in [-0.15, -0.1) is 11.3 Å². The number of aromatic nitrogens is 1. The van der Waals surface area contributed by atoms with Crippen molar-refractivity contribution in [2.45, 2.75) is 19.4 Å². The molecule has 5 nitrogen and oxygen atoms in total. The molecule has 1 amide bonds. The molecule has 2 aromatic carbocycles. The third-order valence-corrected chi connectivity index (χ3v) is 6.16. The largest absolute Gasteiger partial charge is 0.378 e. The van der Waals surface area contributed by atoms with E-state index >= 15 is 0 Å². The summed E-state index contributed by atoms with van der Waals surface area (Å²) in [7, 11) is 1.89. The second-order valence-electron chi connectivity index (χ2n) is 7.05. The van der Waals surface area contributed by atoms with E-state index < -0.39 is 0 Å². The summed E-state index contributed by atoms with van der Waals surface area (Å²) in [5.41, 5.74) is 3.40. The van der Waals surface area contributed by atoms with Crippen molar-refractivity contribution in [3.8, 4) is 0 Å². The van der Waals surface area contributed by atoms with E-state index in [0.717, 1.165) is 36.8 Å². The third kappa shape index (κ3) is 4.34. The molecule has 6 heteroatoms. The standard InChI is InChI=1S/C22H25N3O2S/c1-24(16-17-6-2-4-8-19(17)25-12-14-27-15-13-25)22(26)11-10-21-23-18-7-3-5-9-20(18)28-21/h2-9H,10-16H2,1H3. The minimum atomic E-state index is 0.149. The van der Waals surface area contributed by atoms with E-state index in [4.69, 9.17) is 4.74 Å². The van der Waals surface area contributed by atoms with Gasteiger partial charge < -0.3 is 14.5 Å². The summed E-state index contributed by atoms with van der Waals surface area (Å²) >= 11 is 1.68. The molecule has 0 unspecified atom stereocenters. The number of anilines is 1. The fourth-order valence-corrected chi connectivity index (χ4v) is 4.50. The van der Waals surface area contributed by atoms with Crippen LogP contribution >= 0.6 is 11.3 Å². The van der Waals surface area contributed by atoms with Crippen molar-refractivity contribution < 1.29 is 9.53 Å². The molecule has 3 aromatic rings. The van der Waals surface area contributed by atoms with E-state index in [-0.39, 0.29) is 5.91 Å². The van der Waals surface area contributed by atoms with E-state index in [0.29, 0.717) is 19.4 Å². The first-order chi connectivity index (χ1) is 13.7. The number of ether oxygens (including phenoxy) is 1. The van der Waals surface area contributed by atoms with Crippen LogP contribution in [0.5, 0.6) is 0 Å². The highest BCUT2D eigenvalue weighted by atomic mass is 32.1. The maximum absolute atomic E-state index is 12.7. The number of para-hydroxylation sites is 2. The number of rotatable bonds is 6. The molecule has 4 rings (SSSR count). The number of thiazole rings is 1. The highest BCUT2D eigenvalue weighted by molar-refractivity contribution is 7.18. The lowest BCUT2D eigenvalue weighted by Gasteiger charge is -2.31. The molecule has 1 aliphatic heterocycles. The molecular formula is C22H25N3O2S. The number of nitrogens with zero attached hydrogens (tertiary/aromatic N) is 3. The van der Waals surface area contributed by atoms with Crippen LogP contribution in [0.1, 0.15) is 17.0 Å². The first-order valence-electron chi connectivity index (χ1n) is 9.70. The Bertz CT molecular complexity index is 917. The Balaban J connectivity index is 1.38. The lowest BCUT2D eigenvalue weighted by molar-refractivity contribution is -0.130. The fourth-order valence-electron chi connectivity index (χ4n) is 3.53. The zero-order chi connectivity index (χ0) is 19.3. The van der Waals surface area contributed by atoms with Crippen LogP contribution in [-0.2, 0) is 22.5 Å². The van der Waals surface area contributed by atoms with Crippen LogP contribution in [0.4, 0.5) is 5.69 Å². The van der Waals surface area contributed by atoms with Gasteiger partial charge in [-0.25, -0.2) is 4.98 Å². The van der Waals surface area contributed by atoms with Gasteiger partial charge in [-0.2, -0.15) is 0 Å². The van der Waals surface area contributed by atoms with Crippen molar-refractivity contribution in [3.63, 3.8) is 0 Å². The molecular weight excluding hydrogens is 370 g/mol. The zero-order valence-electron chi connectivity index (χ0n) is 16.1. The summed E-state index contributed by atoms with van der Waals surface area (Å²) in [6.45, 7) is 3.92. The predicted octanol–water partition coefficient (Wildman–Crippen LogP) is 3.72. The molecule has 0 aliphatic carbocycles. The molecule has 0 saturated carbocycles. The highest BCUT2D eigenvalue weighted by Crippen LogP contribution is 2.24. The summed E-state index contributed by atoms with van der Waals surface area (Å²) in [5.74, 6) is 0.149. The van der Waals surface area contributed by atoms with Crippen molar-refractivity contribution >= 4 is 33.1 Å². The summed E-state index contributed by atoms with van der Waals surface area (Å²) in [5, 5.41) is 1.02. The van der Waals surface area contributed by atoms with Crippen LogP contribution in [0.15, 0.2) is 48.5 Å². The molecule has 1 aliphatic rings. The van der Waals surface area contributed by atoms with Gasteiger partial charge in [0.25, 0.3) is 0 Å². The number of carbonyl (C=O) groups is 1. The van der Waals surface area contributed by atoms with Gasteiger partial charge >= 0.3 is 0 Å². The van der Waals surface area contributed by atoms with Crippen LogP contribution < -0.4 is 4.90 Å². The zero-order valence-corrected chi connectivity index (χ0v) is 17.0. The second kappa shape index (κ2) is 8.71. The molecule has 0 atom stereocenters. The number of amides is 1. The molecule has 1 fully saturated rings. The lowest BCUT2D eigenvalue weighted by atomic mass is 10.1. The molecule has 0 N–H and O–H groups in total. The maximum Gasteiger partial charge on any atom is 0.223 e. The molecule has 1 aromatic heterocycles. The number of morpholine rings is 1. The van der Waals surface area contributed by atoms with Crippen molar-refractivity contribution in [3.05, 3.63) is 59.1 Å². The molecule has 0 bridgehead atoms. The fraction of sp³-hybridized carbons (Fsp3) is 0.364. The second-order valence-corrected chi connectivity index (χ2v) is 8.17. The number of aryl methyl sites for hydroxylation is 1. The number of hydrogen-bond acceptors (Lipinski definition) is 5. The smallest absolute Gasteiger partial charge is 0.223 e. The van der Waals surface area contributed by atoms with Crippen LogP contribution in [0.25, 0.3) is 10.2 Å². The van der Waals surface area contributed by atoms with Crippen LogP contribution in [0.3, 0.4) is 0 Å². The van der Waals surface area contributed by atoms with Crippen molar-refractivity contribution in [2.24, 2.45) is 0 Å². The van der Waals surface area contributed by atoms with E-state index in [1.165, 1.54) is 16.0 Å². The average Bonchev–Trinajstić information content (AvgIpc) is 3.16. The van der Waals surface area contributed by atoms with Gasteiger partial charge in [0.05, 0.1) is 28.4 Å². The van der Waals surface area contributed by atoms with Gasteiger partial charge in [0, 0.05) is 45.2 Å². The normalized spacial score (nSPS) is 14.4. The van der Waals surface area contributed by atoms with Crippen LogP contribution in [0.2, 0.25) is 0 Å². The lowest BCUT2D eigenvalue weighted by Crippen LogP contribution is -2.37. The Morgan fingerprint density at radius 3 is 2.71 bits per heavy atom. The molecule has 1 saturated heterocycles. The van der Waals surface area contributed by atoms with Crippen molar-refractivity contribution in [2.75, 3.05) is 38.3 Å². The molecule has 0 radical (unpaired) electrons. The van der Waals surface area contributed by atoms with Crippen LogP contribution in [-0.4, -0.2) is 49.1 Å². The molecule has 0 spiro atoms. The molecule has 2 heterocycles. The van der Waals surface area contributed by atoms with Gasteiger partial charge in [0.2, 0.25) is 5.91 Å². The van der Waals surface area contributed by atoms with Gasteiger partial charge in [-0.3, -0.25) is 4.79 Å². The van der Waals surface area contributed by atoms with E-state index in [1.54, 1.807) is 11.3 Å². The van der Waals surface area contributed by atoms with E-state index in [1.807, 2.05) is 36.2 Å². The van der Waals surface area contributed by atoms with Gasteiger partial charge in [-0.05, 0) is 23.8 Å². The number of hydrogen-bond donors (Lipinski definition) is 0. The van der Waals surface area contributed by atoms with Crippen molar-refractivity contribution in [1.29, 1.82) is 0 Å². The summed E-state index contributed by atoms with van der Waals surface area (Å²) < 4.78 is 6.64. The minimum absolute atomic E-state index is 0.149. The Morgan fingerprint density at radius 2 is 1.89 bits per heavy atom. The predicted molar refractivity (Wildman–Crippen MR) is 114 cm³/mol. The Labute approximate surface area is 169 Å². The first-order valence-corrected chi connectivity index (χ1v) is 10.5. The highest BCUT2D eigenvalue weighted by Gasteiger charge is 2.17. The Hall–Kier alpha value is -2.44. The van der Waals surface area contributed by atoms with Crippen molar-refractivity contribution in [1.82, 2.24) is 9.88 Å². The van der Waals surface area contributed by atoms with Gasteiger partial charge in [0.1, 0.15) is 0 Å². The SMILES string of the molecule is CN(Cc1ccccc1N1CCOCC1)C(=O)CCc1nc2ccccc2s1. The Kier molecular flexibility index (Phi) is 5.88. The third-order valence-electron chi connectivity index (χ3n) is 5.07. The van der Waals surface area contributed by atoms with Gasteiger partial charge in [-0.1, -0.05) is 30.3 Å². The first kappa shape index (κ1) is 18.9. The minimum Gasteiger partial charge on any atom is -0.378 e. The summed E-state index contributed by atoms with van der Waals surface area (Å²) in [6, 6.07) is 16.5. The Morgan fingerprint density at radius 1 is 1.14 bits per heavy atom. The summed E-state index contributed by atoms with van der Waals surface area (Å²) in [4.78, 5) is 21.5. The number of carbonyl (C=O) groups excluding carboxylic acids is 1. The quantitative estimate of drug-likeness (QED) is 0.638. The summed E-state index contributed by atoms with van der Waals surface area (Å²) in [6.07, 6.45) is 1.17.